The van der Waals surface area contributed by atoms with E-state index in [1.807, 2.05) is 41.6 Å². The molecule has 0 unspecified atom stereocenters. The first-order valence-electron chi connectivity index (χ1n) is 8.70. The van der Waals surface area contributed by atoms with Gasteiger partial charge in [0.2, 0.25) is 0 Å². The maximum atomic E-state index is 12.7. The first-order valence-corrected chi connectivity index (χ1v) is 10.3. The SMILES string of the molecule is CCn1nc(C(=O)N2CCN(c3nc4ccc(Br)cc4s3)CC2)cc1C. The van der Waals surface area contributed by atoms with E-state index in [1.54, 1.807) is 11.3 Å². The van der Waals surface area contributed by atoms with Gasteiger partial charge in [-0.15, -0.1) is 0 Å². The number of carbonyl (C=O) groups is 1. The molecule has 26 heavy (non-hydrogen) atoms. The summed E-state index contributed by atoms with van der Waals surface area (Å²) in [4.78, 5) is 21.6. The summed E-state index contributed by atoms with van der Waals surface area (Å²) in [5, 5.41) is 5.44. The number of nitrogens with zero attached hydrogens (tertiary/aromatic N) is 5. The zero-order valence-corrected chi connectivity index (χ0v) is 17.2. The van der Waals surface area contributed by atoms with E-state index in [4.69, 9.17) is 4.98 Å². The first kappa shape index (κ1) is 17.5. The lowest BCUT2D eigenvalue weighted by Gasteiger charge is -2.34. The van der Waals surface area contributed by atoms with Crippen LogP contribution in [0, 0.1) is 6.92 Å². The van der Waals surface area contributed by atoms with Crippen LogP contribution in [0.25, 0.3) is 10.2 Å². The van der Waals surface area contributed by atoms with Crippen LogP contribution in [0.2, 0.25) is 0 Å². The lowest BCUT2D eigenvalue weighted by Crippen LogP contribution is -2.48. The predicted molar refractivity (Wildman–Crippen MR) is 108 cm³/mol. The van der Waals surface area contributed by atoms with Gasteiger partial charge in [-0.1, -0.05) is 27.3 Å². The second-order valence-corrected chi connectivity index (χ2v) is 8.30. The number of amides is 1. The minimum atomic E-state index is 0.0215. The Morgan fingerprint density at radius 2 is 2.00 bits per heavy atom. The predicted octanol–water partition coefficient (Wildman–Crippen LogP) is 3.55. The molecule has 0 aliphatic carbocycles. The molecule has 6 nitrogen and oxygen atoms in total. The molecule has 0 atom stereocenters. The van der Waals surface area contributed by atoms with Crippen molar-refractivity contribution in [3.8, 4) is 0 Å². The monoisotopic (exact) mass is 433 g/mol. The molecule has 1 amide bonds. The number of anilines is 1. The lowest BCUT2D eigenvalue weighted by atomic mass is 10.2. The van der Waals surface area contributed by atoms with Crippen LogP contribution in [0.5, 0.6) is 0 Å². The molecule has 0 spiro atoms. The highest BCUT2D eigenvalue weighted by molar-refractivity contribution is 9.10. The number of benzene rings is 1. The third-order valence-electron chi connectivity index (χ3n) is 4.68. The van der Waals surface area contributed by atoms with Gasteiger partial charge in [-0.25, -0.2) is 4.98 Å². The molecule has 8 heteroatoms. The van der Waals surface area contributed by atoms with Crippen LogP contribution in [0.4, 0.5) is 5.13 Å². The summed E-state index contributed by atoms with van der Waals surface area (Å²) < 4.78 is 4.11. The minimum Gasteiger partial charge on any atom is -0.345 e. The quantitative estimate of drug-likeness (QED) is 0.633. The Kier molecular flexibility index (Phi) is 4.71. The van der Waals surface area contributed by atoms with Crippen molar-refractivity contribution in [2.75, 3.05) is 31.1 Å². The molecule has 1 aliphatic heterocycles. The summed E-state index contributed by atoms with van der Waals surface area (Å²) in [5.74, 6) is 0.0215. The van der Waals surface area contributed by atoms with Crippen molar-refractivity contribution in [2.45, 2.75) is 20.4 Å². The maximum absolute atomic E-state index is 12.7. The van der Waals surface area contributed by atoms with Gasteiger partial charge in [-0.2, -0.15) is 5.10 Å². The summed E-state index contributed by atoms with van der Waals surface area (Å²) in [5.41, 5.74) is 2.59. The van der Waals surface area contributed by atoms with Gasteiger partial charge in [-0.05, 0) is 38.1 Å². The fourth-order valence-corrected chi connectivity index (χ4v) is 4.79. The number of piperazine rings is 1. The van der Waals surface area contributed by atoms with Gasteiger partial charge in [0.25, 0.3) is 5.91 Å². The summed E-state index contributed by atoms with van der Waals surface area (Å²) in [7, 11) is 0. The second-order valence-electron chi connectivity index (χ2n) is 6.37. The number of carbonyl (C=O) groups excluding carboxylic acids is 1. The van der Waals surface area contributed by atoms with Crippen molar-refractivity contribution < 1.29 is 4.79 Å². The van der Waals surface area contributed by atoms with Gasteiger partial charge in [0.1, 0.15) is 0 Å². The molecule has 136 valence electrons. The molecule has 2 aromatic heterocycles. The zero-order chi connectivity index (χ0) is 18.3. The molecule has 1 fully saturated rings. The average Bonchev–Trinajstić information content (AvgIpc) is 3.24. The summed E-state index contributed by atoms with van der Waals surface area (Å²) in [6.07, 6.45) is 0. The number of halogens is 1. The van der Waals surface area contributed by atoms with E-state index in [0.29, 0.717) is 18.8 Å². The lowest BCUT2D eigenvalue weighted by molar-refractivity contribution is 0.0740. The van der Waals surface area contributed by atoms with Crippen LogP contribution in [0.15, 0.2) is 28.7 Å². The average molecular weight is 434 g/mol. The first-order chi connectivity index (χ1) is 12.5. The highest BCUT2D eigenvalue weighted by atomic mass is 79.9. The molecule has 1 saturated heterocycles. The van der Waals surface area contributed by atoms with E-state index < -0.39 is 0 Å². The van der Waals surface area contributed by atoms with Crippen LogP contribution in [-0.4, -0.2) is 51.8 Å². The van der Waals surface area contributed by atoms with Gasteiger partial charge in [0.15, 0.2) is 10.8 Å². The molecule has 1 aromatic carbocycles. The third-order valence-corrected chi connectivity index (χ3v) is 6.25. The molecule has 3 aromatic rings. The smallest absolute Gasteiger partial charge is 0.274 e. The van der Waals surface area contributed by atoms with E-state index in [1.165, 1.54) is 4.70 Å². The molecule has 1 aliphatic rings. The molecular weight excluding hydrogens is 414 g/mol. The zero-order valence-electron chi connectivity index (χ0n) is 14.8. The van der Waals surface area contributed by atoms with Crippen LogP contribution in [-0.2, 0) is 6.54 Å². The van der Waals surface area contributed by atoms with E-state index in [2.05, 4.69) is 32.0 Å². The van der Waals surface area contributed by atoms with Gasteiger partial charge < -0.3 is 9.80 Å². The van der Waals surface area contributed by atoms with E-state index >= 15 is 0 Å². The highest BCUT2D eigenvalue weighted by Gasteiger charge is 2.25. The molecule has 0 saturated carbocycles. The summed E-state index contributed by atoms with van der Waals surface area (Å²) >= 11 is 5.21. The Morgan fingerprint density at radius 1 is 1.23 bits per heavy atom. The van der Waals surface area contributed by atoms with Crippen molar-refractivity contribution in [3.05, 3.63) is 40.1 Å². The van der Waals surface area contributed by atoms with Crippen molar-refractivity contribution in [2.24, 2.45) is 0 Å². The van der Waals surface area contributed by atoms with Crippen molar-refractivity contribution in [3.63, 3.8) is 0 Å². The summed E-state index contributed by atoms with van der Waals surface area (Å²) in [6.45, 7) is 7.76. The number of thiazole rings is 1. The number of aromatic nitrogens is 3. The van der Waals surface area contributed by atoms with Gasteiger partial charge in [0, 0.05) is 42.9 Å². The van der Waals surface area contributed by atoms with Gasteiger partial charge in [-0.3, -0.25) is 9.48 Å². The number of hydrogen-bond acceptors (Lipinski definition) is 5. The number of aryl methyl sites for hydroxylation is 2. The van der Waals surface area contributed by atoms with Crippen LogP contribution in [0.1, 0.15) is 23.1 Å². The Bertz CT molecular complexity index is 958. The Hall–Kier alpha value is -1.93. The van der Waals surface area contributed by atoms with E-state index in [-0.39, 0.29) is 5.91 Å². The number of rotatable bonds is 3. The number of fused-ring (bicyclic) bond motifs is 1. The van der Waals surface area contributed by atoms with Gasteiger partial charge >= 0.3 is 0 Å². The normalized spacial score (nSPS) is 15.0. The standard InChI is InChI=1S/C18H20BrN5OS/c1-3-24-12(2)10-15(21-24)17(25)22-6-8-23(9-7-22)18-20-14-5-4-13(19)11-16(14)26-18/h4-5,10-11H,3,6-9H2,1-2H3. The number of hydrogen-bond donors (Lipinski definition) is 0. The van der Waals surface area contributed by atoms with Crippen LogP contribution < -0.4 is 4.90 Å². The molecular formula is C18H20BrN5OS. The van der Waals surface area contributed by atoms with E-state index in [0.717, 1.165) is 40.4 Å². The largest absolute Gasteiger partial charge is 0.345 e. The highest BCUT2D eigenvalue weighted by Crippen LogP contribution is 2.31. The van der Waals surface area contributed by atoms with Gasteiger partial charge in [0.05, 0.1) is 10.2 Å². The topological polar surface area (TPSA) is 54.3 Å². The second kappa shape index (κ2) is 7.00. The van der Waals surface area contributed by atoms with Crippen LogP contribution >= 0.6 is 27.3 Å². The van der Waals surface area contributed by atoms with Crippen molar-refractivity contribution in [1.82, 2.24) is 19.7 Å². The fraction of sp³-hybridized carbons (Fsp3) is 0.389. The van der Waals surface area contributed by atoms with Crippen LogP contribution in [0.3, 0.4) is 0 Å². The maximum Gasteiger partial charge on any atom is 0.274 e. The van der Waals surface area contributed by atoms with E-state index in [9.17, 15) is 4.79 Å². The third kappa shape index (κ3) is 3.23. The Labute approximate surface area is 164 Å². The molecule has 3 heterocycles. The Morgan fingerprint density at radius 3 is 2.69 bits per heavy atom. The Balaban J connectivity index is 1.45. The summed E-state index contributed by atoms with van der Waals surface area (Å²) in [6, 6.07) is 8.03. The minimum absolute atomic E-state index is 0.0215. The molecule has 0 N–H and O–H groups in total. The molecule has 0 radical (unpaired) electrons. The van der Waals surface area contributed by atoms with Crippen molar-refractivity contribution >= 4 is 48.5 Å². The fourth-order valence-electron chi connectivity index (χ4n) is 3.22. The van der Waals surface area contributed by atoms with Crippen molar-refractivity contribution in [1.29, 1.82) is 0 Å². The molecule has 0 bridgehead atoms. The molecule has 4 rings (SSSR count).